The van der Waals surface area contributed by atoms with Gasteiger partial charge in [0.25, 0.3) is 0 Å². The molecule has 8 heteroatoms. The van der Waals surface area contributed by atoms with E-state index in [9.17, 15) is 18.0 Å². The fourth-order valence-corrected chi connectivity index (χ4v) is 3.28. The van der Waals surface area contributed by atoms with Crippen molar-refractivity contribution in [3.8, 4) is 0 Å². The molecule has 0 spiro atoms. The largest absolute Gasteiger partial charge is 0.503 e. The Balaban J connectivity index is 0.000000785. The van der Waals surface area contributed by atoms with E-state index >= 15 is 0 Å². The summed E-state index contributed by atoms with van der Waals surface area (Å²) in [5.41, 5.74) is 2.96. The van der Waals surface area contributed by atoms with Crippen LogP contribution in [0.15, 0.2) is 48.5 Å². The lowest BCUT2D eigenvalue weighted by Crippen LogP contribution is -2.34. The number of benzene rings is 2. The van der Waals surface area contributed by atoms with Gasteiger partial charge >= 0.3 is 12.3 Å². The number of hydrogen-bond acceptors (Lipinski definition) is 2. The van der Waals surface area contributed by atoms with Crippen molar-refractivity contribution in [2.45, 2.75) is 45.2 Å². The number of carbonyl (C=O) groups is 2. The first kappa shape index (κ1) is 24.2. The van der Waals surface area contributed by atoms with Gasteiger partial charge in [-0.1, -0.05) is 48.9 Å². The molecule has 5 nitrogen and oxygen atoms in total. The minimum absolute atomic E-state index is 0.372. The third kappa shape index (κ3) is 7.96. The molecular formula is C23H26F3NO4. The van der Waals surface area contributed by atoms with Crippen molar-refractivity contribution in [1.82, 2.24) is 0 Å². The Morgan fingerprint density at radius 2 is 1.68 bits per heavy atom. The lowest BCUT2D eigenvalue weighted by atomic mass is 9.85. The number of hydrogen-bond donors (Lipinski definition) is 3. The van der Waals surface area contributed by atoms with Gasteiger partial charge in [0.2, 0.25) is 5.91 Å². The predicted octanol–water partition coefficient (Wildman–Crippen LogP) is 6.09. The SMILES string of the molecule is Cc1ccc(C(C(=O)Nc2cccc(CC3CC3)c2)C(C)C(F)(F)F)cc1.O=C(O)O. The number of alkyl halides is 3. The van der Waals surface area contributed by atoms with E-state index in [1.807, 2.05) is 25.1 Å². The van der Waals surface area contributed by atoms with Crippen molar-refractivity contribution in [1.29, 1.82) is 0 Å². The van der Waals surface area contributed by atoms with Gasteiger partial charge in [-0.3, -0.25) is 4.79 Å². The molecule has 0 heterocycles. The maximum absolute atomic E-state index is 13.4. The minimum Gasteiger partial charge on any atom is -0.450 e. The molecule has 2 unspecified atom stereocenters. The highest BCUT2D eigenvalue weighted by Crippen LogP contribution is 2.38. The van der Waals surface area contributed by atoms with Crippen LogP contribution in [0.1, 0.15) is 42.4 Å². The summed E-state index contributed by atoms with van der Waals surface area (Å²) < 4.78 is 40.2. The Morgan fingerprint density at radius 3 is 2.19 bits per heavy atom. The quantitative estimate of drug-likeness (QED) is 0.510. The van der Waals surface area contributed by atoms with Crippen LogP contribution >= 0.6 is 0 Å². The van der Waals surface area contributed by atoms with Crippen molar-refractivity contribution < 1.29 is 33.0 Å². The number of carbonyl (C=O) groups excluding carboxylic acids is 1. The van der Waals surface area contributed by atoms with Gasteiger partial charge in [0.15, 0.2) is 0 Å². The average molecular weight is 437 g/mol. The monoisotopic (exact) mass is 437 g/mol. The van der Waals surface area contributed by atoms with E-state index in [1.165, 1.54) is 12.8 Å². The number of aryl methyl sites for hydroxylation is 1. The first-order valence-corrected chi connectivity index (χ1v) is 9.92. The minimum atomic E-state index is -4.46. The average Bonchev–Trinajstić information content (AvgIpc) is 3.46. The van der Waals surface area contributed by atoms with Crippen molar-refractivity contribution in [2.24, 2.45) is 11.8 Å². The molecule has 0 bridgehead atoms. The maximum atomic E-state index is 13.4. The Kier molecular flexibility index (Phi) is 8.08. The summed E-state index contributed by atoms with van der Waals surface area (Å²) in [7, 11) is 0. The van der Waals surface area contributed by atoms with E-state index in [2.05, 4.69) is 5.32 Å². The van der Waals surface area contributed by atoms with Crippen molar-refractivity contribution in [3.63, 3.8) is 0 Å². The molecule has 2 atom stereocenters. The van der Waals surface area contributed by atoms with E-state index in [0.29, 0.717) is 17.2 Å². The third-order valence-corrected chi connectivity index (χ3v) is 5.15. The molecule has 0 aliphatic heterocycles. The first-order valence-electron chi connectivity index (χ1n) is 9.92. The normalized spacial score (nSPS) is 15.3. The zero-order valence-electron chi connectivity index (χ0n) is 17.3. The smallest absolute Gasteiger partial charge is 0.450 e. The lowest BCUT2D eigenvalue weighted by Gasteiger charge is -2.26. The summed E-state index contributed by atoms with van der Waals surface area (Å²) in [6, 6.07) is 14.1. The van der Waals surface area contributed by atoms with Gasteiger partial charge in [0, 0.05) is 5.69 Å². The molecule has 2 aromatic rings. The molecule has 0 radical (unpaired) electrons. The molecule has 168 valence electrons. The molecule has 1 fully saturated rings. The van der Waals surface area contributed by atoms with Gasteiger partial charge in [-0.15, -0.1) is 0 Å². The van der Waals surface area contributed by atoms with Crippen LogP contribution in [0.4, 0.5) is 23.7 Å². The number of anilines is 1. The molecule has 1 amide bonds. The second-order valence-corrected chi connectivity index (χ2v) is 7.84. The summed E-state index contributed by atoms with van der Waals surface area (Å²) >= 11 is 0. The zero-order chi connectivity index (χ0) is 23.2. The first-order chi connectivity index (χ1) is 14.5. The van der Waals surface area contributed by atoms with Gasteiger partial charge in [0.1, 0.15) is 0 Å². The number of carboxylic acid groups (broad SMARTS) is 2. The molecule has 1 aliphatic carbocycles. The Bertz CT molecular complexity index is 888. The highest BCUT2D eigenvalue weighted by Gasteiger charge is 2.44. The van der Waals surface area contributed by atoms with Crippen molar-refractivity contribution in [2.75, 3.05) is 5.32 Å². The molecule has 0 aromatic heterocycles. The summed E-state index contributed by atoms with van der Waals surface area (Å²) in [5.74, 6) is -3.01. The van der Waals surface area contributed by atoms with Gasteiger partial charge in [-0.25, -0.2) is 4.79 Å². The Morgan fingerprint density at radius 1 is 1.10 bits per heavy atom. The second kappa shape index (κ2) is 10.3. The molecule has 0 saturated heterocycles. The van der Waals surface area contributed by atoms with Crippen LogP contribution in [0.25, 0.3) is 0 Å². The molecule has 3 rings (SSSR count). The summed E-state index contributed by atoms with van der Waals surface area (Å²) in [6.45, 7) is 2.92. The van der Waals surface area contributed by atoms with Crippen LogP contribution in [-0.2, 0) is 11.2 Å². The number of rotatable bonds is 6. The summed E-state index contributed by atoms with van der Waals surface area (Å²) in [6.07, 6.45) is -2.91. The van der Waals surface area contributed by atoms with Crippen LogP contribution in [0.2, 0.25) is 0 Å². The zero-order valence-corrected chi connectivity index (χ0v) is 17.3. The van der Waals surface area contributed by atoms with Crippen molar-refractivity contribution >= 4 is 17.7 Å². The number of amides is 1. The third-order valence-electron chi connectivity index (χ3n) is 5.15. The summed E-state index contributed by atoms with van der Waals surface area (Å²) in [5, 5.41) is 16.6. The molecule has 3 N–H and O–H groups in total. The predicted molar refractivity (Wildman–Crippen MR) is 111 cm³/mol. The Labute approximate surface area is 178 Å². The van der Waals surface area contributed by atoms with Crippen LogP contribution in [0.3, 0.4) is 0 Å². The van der Waals surface area contributed by atoms with Crippen LogP contribution in [0.5, 0.6) is 0 Å². The topological polar surface area (TPSA) is 86.6 Å². The molecular weight excluding hydrogens is 411 g/mol. The second-order valence-electron chi connectivity index (χ2n) is 7.84. The standard InChI is InChI=1S/C22H24F3NO.CH2O3/c1-14-6-10-18(11-7-14)20(15(2)22(23,24)25)21(27)26-19-5-3-4-17(13-19)12-16-8-9-16;2-1(3)4/h3-7,10-11,13,15-16,20H,8-9,12H2,1-2H3,(H,26,27);(H2,2,3,4). The highest BCUT2D eigenvalue weighted by atomic mass is 19.4. The fraction of sp³-hybridized carbons (Fsp3) is 0.391. The van der Waals surface area contributed by atoms with E-state index in [0.717, 1.165) is 24.5 Å². The van der Waals surface area contributed by atoms with Gasteiger partial charge in [0.05, 0.1) is 11.8 Å². The van der Waals surface area contributed by atoms with E-state index in [1.54, 1.807) is 30.3 Å². The van der Waals surface area contributed by atoms with Gasteiger partial charge < -0.3 is 15.5 Å². The fourth-order valence-electron chi connectivity index (χ4n) is 3.28. The highest BCUT2D eigenvalue weighted by molar-refractivity contribution is 5.96. The van der Waals surface area contributed by atoms with Crippen LogP contribution < -0.4 is 5.32 Å². The molecule has 1 saturated carbocycles. The molecule has 1 aliphatic rings. The molecule has 31 heavy (non-hydrogen) atoms. The molecule has 2 aromatic carbocycles. The van der Waals surface area contributed by atoms with E-state index in [4.69, 9.17) is 15.0 Å². The van der Waals surface area contributed by atoms with Crippen LogP contribution in [0, 0.1) is 18.8 Å². The van der Waals surface area contributed by atoms with Gasteiger partial charge in [-0.05, 0) is 55.4 Å². The number of nitrogens with one attached hydrogen (secondary N) is 1. The van der Waals surface area contributed by atoms with E-state index in [-0.39, 0.29) is 0 Å². The van der Waals surface area contributed by atoms with Crippen molar-refractivity contribution in [3.05, 3.63) is 65.2 Å². The Hall–Kier alpha value is -3.03. The van der Waals surface area contributed by atoms with E-state index < -0.39 is 30.1 Å². The maximum Gasteiger partial charge on any atom is 0.503 e. The lowest BCUT2D eigenvalue weighted by molar-refractivity contribution is -0.178. The number of halogens is 3. The van der Waals surface area contributed by atoms with Crippen LogP contribution in [-0.4, -0.2) is 28.5 Å². The van der Waals surface area contributed by atoms with Gasteiger partial charge in [-0.2, -0.15) is 13.2 Å². The summed E-state index contributed by atoms with van der Waals surface area (Å²) in [4.78, 5) is 21.4.